The summed E-state index contributed by atoms with van der Waals surface area (Å²) in [6.45, 7) is 1.29. The van der Waals surface area contributed by atoms with Gasteiger partial charge in [-0.15, -0.1) is 0 Å². The number of piperidine rings is 1. The zero-order chi connectivity index (χ0) is 19.5. The number of aromatic nitrogens is 2. The quantitative estimate of drug-likeness (QED) is 0.594. The van der Waals surface area contributed by atoms with E-state index in [1.165, 1.54) is 0 Å². The second kappa shape index (κ2) is 8.14. The largest absolute Gasteiger partial charge is 0.497 e. The number of carbonyl (C=O) groups is 1. The molecule has 1 saturated heterocycles. The summed E-state index contributed by atoms with van der Waals surface area (Å²) in [6.07, 6.45) is 1.82. The Kier molecular flexibility index (Phi) is 5.43. The van der Waals surface area contributed by atoms with Crippen LogP contribution in [0.2, 0.25) is 0 Å². The fourth-order valence-corrected chi connectivity index (χ4v) is 3.68. The first-order valence-electron chi connectivity index (χ1n) is 9.17. The van der Waals surface area contributed by atoms with Gasteiger partial charge in [-0.1, -0.05) is 27.2 Å². The summed E-state index contributed by atoms with van der Waals surface area (Å²) in [5.41, 5.74) is 1.53. The lowest BCUT2D eigenvalue weighted by molar-refractivity contribution is 0.0695. The fraction of sp³-hybridized carbons (Fsp3) is 0.286. The zero-order valence-electron chi connectivity index (χ0n) is 15.5. The first-order chi connectivity index (χ1) is 13.6. The number of hydrogen-bond donors (Lipinski definition) is 0. The molecule has 0 aliphatic carbocycles. The van der Waals surface area contributed by atoms with E-state index in [-0.39, 0.29) is 11.8 Å². The van der Waals surface area contributed by atoms with Crippen molar-refractivity contribution in [2.45, 2.75) is 18.8 Å². The lowest BCUT2D eigenvalue weighted by atomic mass is 9.97. The van der Waals surface area contributed by atoms with Crippen molar-refractivity contribution in [1.29, 1.82) is 0 Å². The van der Waals surface area contributed by atoms with Gasteiger partial charge in [0.05, 0.1) is 13.0 Å². The third kappa shape index (κ3) is 3.94. The van der Waals surface area contributed by atoms with E-state index >= 15 is 0 Å². The molecule has 3 aromatic rings. The van der Waals surface area contributed by atoms with Crippen molar-refractivity contribution >= 4 is 21.8 Å². The molecule has 1 aromatic heterocycles. The van der Waals surface area contributed by atoms with Crippen LogP contribution in [0.1, 0.15) is 35.0 Å². The van der Waals surface area contributed by atoms with E-state index in [0.717, 1.165) is 29.4 Å². The molecule has 144 valence electrons. The molecular weight excluding hydrogens is 422 g/mol. The maximum absolute atomic E-state index is 12.9. The smallest absolute Gasteiger partial charge is 0.254 e. The van der Waals surface area contributed by atoms with Crippen molar-refractivity contribution in [1.82, 2.24) is 15.0 Å². The number of benzene rings is 2. The lowest BCUT2D eigenvalue weighted by Crippen LogP contribution is -2.39. The van der Waals surface area contributed by atoms with Gasteiger partial charge in [-0.2, -0.15) is 4.98 Å². The molecule has 0 radical (unpaired) electrons. The van der Waals surface area contributed by atoms with Crippen molar-refractivity contribution in [3.05, 3.63) is 64.5 Å². The molecule has 1 aliphatic heterocycles. The van der Waals surface area contributed by atoms with Crippen molar-refractivity contribution < 1.29 is 14.1 Å². The lowest BCUT2D eigenvalue weighted by Gasteiger charge is -2.31. The minimum atomic E-state index is -0.00347. The van der Waals surface area contributed by atoms with Gasteiger partial charge in [0.2, 0.25) is 11.7 Å². The van der Waals surface area contributed by atoms with Crippen LogP contribution in [0, 0.1) is 0 Å². The van der Waals surface area contributed by atoms with E-state index in [1.54, 1.807) is 13.2 Å². The topological polar surface area (TPSA) is 68.5 Å². The summed E-state index contributed by atoms with van der Waals surface area (Å²) < 4.78 is 11.8. The molecular formula is C21H20BrN3O3. The number of methoxy groups -OCH3 is 1. The van der Waals surface area contributed by atoms with Crippen LogP contribution >= 0.6 is 15.9 Å². The van der Waals surface area contributed by atoms with E-state index in [0.29, 0.717) is 29.6 Å². The van der Waals surface area contributed by atoms with Gasteiger partial charge in [0.15, 0.2) is 0 Å². The molecule has 1 aliphatic rings. The molecule has 2 aromatic carbocycles. The van der Waals surface area contributed by atoms with Gasteiger partial charge in [-0.25, -0.2) is 0 Å². The molecule has 4 rings (SSSR count). The third-order valence-corrected chi connectivity index (χ3v) is 5.45. The number of halogens is 1. The van der Waals surface area contributed by atoms with E-state index < -0.39 is 0 Å². The summed E-state index contributed by atoms with van der Waals surface area (Å²) >= 11 is 3.42. The van der Waals surface area contributed by atoms with Gasteiger partial charge in [0.25, 0.3) is 5.91 Å². The van der Waals surface area contributed by atoms with Crippen LogP contribution in [-0.4, -0.2) is 41.1 Å². The third-order valence-electron chi connectivity index (χ3n) is 4.92. The predicted octanol–water partition coefficient (Wildman–Crippen LogP) is 4.53. The van der Waals surface area contributed by atoms with Gasteiger partial charge in [-0.05, 0) is 55.3 Å². The molecule has 28 heavy (non-hydrogen) atoms. The van der Waals surface area contributed by atoms with Gasteiger partial charge in [-0.3, -0.25) is 4.79 Å². The van der Waals surface area contributed by atoms with Crippen LogP contribution in [0.5, 0.6) is 5.75 Å². The average molecular weight is 442 g/mol. The first-order valence-corrected chi connectivity index (χ1v) is 9.96. The molecule has 0 bridgehead atoms. The average Bonchev–Trinajstić information content (AvgIpc) is 3.24. The monoisotopic (exact) mass is 441 g/mol. The molecule has 1 amide bonds. The van der Waals surface area contributed by atoms with Gasteiger partial charge in [0, 0.05) is 28.7 Å². The van der Waals surface area contributed by atoms with E-state index in [4.69, 9.17) is 9.26 Å². The zero-order valence-corrected chi connectivity index (χ0v) is 17.1. The number of rotatable bonds is 4. The number of carbonyl (C=O) groups excluding carboxylic acids is 1. The maximum atomic E-state index is 12.9. The number of hydrogen-bond acceptors (Lipinski definition) is 5. The van der Waals surface area contributed by atoms with Crippen LogP contribution < -0.4 is 4.74 Å². The maximum Gasteiger partial charge on any atom is 0.254 e. The molecule has 1 atom stereocenters. The Balaban J connectivity index is 1.49. The molecule has 0 saturated carbocycles. The molecule has 0 N–H and O–H groups in total. The first kappa shape index (κ1) is 18.7. The summed E-state index contributed by atoms with van der Waals surface area (Å²) in [6, 6.07) is 15.0. The predicted molar refractivity (Wildman–Crippen MR) is 108 cm³/mol. The Morgan fingerprint density at radius 3 is 2.86 bits per heavy atom. The standard InChI is InChI=1S/C21H20BrN3O3/c1-27-18-6-2-4-15(12-18)21(26)25-11-3-5-16(13-25)20-23-19(24-28-20)14-7-9-17(22)10-8-14/h2,4,6-10,12,16H,3,5,11,13H2,1H3. The molecule has 0 spiro atoms. The Morgan fingerprint density at radius 2 is 2.07 bits per heavy atom. The summed E-state index contributed by atoms with van der Waals surface area (Å²) in [5.74, 6) is 1.87. The molecule has 1 fully saturated rings. The van der Waals surface area contributed by atoms with Crippen LogP contribution in [0.4, 0.5) is 0 Å². The second-order valence-electron chi connectivity index (χ2n) is 6.79. The van der Waals surface area contributed by atoms with Gasteiger partial charge in [0.1, 0.15) is 5.75 Å². The minimum absolute atomic E-state index is 0.00347. The number of ether oxygens (including phenoxy) is 1. The minimum Gasteiger partial charge on any atom is -0.497 e. The van der Waals surface area contributed by atoms with Crippen LogP contribution in [0.25, 0.3) is 11.4 Å². The van der Waals surface area contributed by atoms with E-state index in [9.17, 15) is 4.79 Å². The normalized spacial score (nSPS) is 16.8. The van der Waals surface area contributed by atoms with Crippen LogP contribution in [-0.2, 0) is 0 Å². The summed E-state index contributed by atoms with van der Waals surface area (Å²) in [5, 5.41) is 4.12. The highest BCUT2D eigenvalue weighted by Crippen LogP contribution is 2.29. The Labute approximate surface area is 171 Å². The number of amides is 1. The SMILES string of the molecule is COc1cccc(C(=O)N2CCCC(c3nc(-c4ccc(Br)cc4)no3)C2)c1. The highest BCUT2D eigenvalue weighted by molar-refractivity contribution is 9.10. The van der Waals surface area contributed by atoms with Gasteiger partial charge < -0.3 is 14.2 Å². The fourth-order valence-electron chi connectivity index (χ4n) is 3.42. The molecule has 6 nitrogen and oxygen atoms in total. The molecule has 1 unspecified atom stereocenters. The summed E-state index contributed by atoms with van der Waals surface area (Å²) in [7, 11) is 1.60. The van der Waals surface area contributed by atoms with Gasteiger partial charge >= 0.3 is 0 Å². The second-order valence-corrected chi connectivity index (χ2v) is 7.70. The van der Waals surface area contributed by atoms with Crippen molar-refractivity contribution in [2.24, 2.45) is 0 Å². The van der Waals surface area contributed by atoms with Crippen molar-refractivity contribution in [3.8, 4) is 17.1 Å². The van der Waals surface area contributed by atoms with E-state index in [1.807, 2.05) is 47.4 Å². The van der Waals surface area contributed by atoms with Crippen molar-refractivity contribution in [2.75, 3.05) is 20.2 Å². The molecule has 2 heterocycles. The Morgan fingerprint density at radius 1 is 1.25 bits per heavy atom. The highest BCUT2D eigenvalue weighted by Gasteiger charge is 2.29. The number of likely N-dealkylation sites (tertiary alicyclic amines) is 1. The van der Waals surface area contributed by atoms with Crippen LogP contribution in [0.15, 0.2) is 57.5 Å². The number of nitrogens with zero attached hydrogens (tertiary/aromatic N) is 3. The Bertz CT molecular complexity index is 971. The highest BCUT2D eigenvalue weighted by atomic mass is 79.9. The van der Waals surface area contributed by atoms with Crippen molar-refractivity contribution in [3.63, 3.8) is 0 Å². The Hall–Kier alpha value is -2.67. The van der Waals surface area contributed by atoms with Crippen LogP contribution in [0.3, 0.4) is 0 Å². The van der Waals surface area contributed by atoms with E-state index in [2.05, 4.69) is 26.1 Å². The summed E-state index contributed by atoms with van der Waals surface area (Å²) in [4.78, 5) is 19.3. The molecule has 7 heteroatoms.